The van der Waals surface area contributed by atoms with E-state index in [1.54, 1.807) is 12.1 Å². The summed E-state index contributed by atoms with van der Waals surface area (Å²) in [6.45, 7) is 4.62. The second kappa shape index (κ2) is 6.97. The molecule has 3 nitrogen and oxygen atoms in total. The van der Waals surface area contributed by atoms with Gasteiger partial charge in [-0.2, -0.15) is 0 Å². The highest BCUT2D eigenvalue weighted by atomic mass is 79.9. The summed E-state index contributed by atoms with van der Waals surface area (Å²) in [5.41, 5.74) is 3.01. The molecule has 112 valence electrons. The van der Waals surface area contributed by atoms with Crippen LogP contribution in [0.25, 0.3) is 0 Å². The van der Waals surface area contributed by atoms with Gasteiger partial charge >= 0.3 is 0 Å². The highest BCUT2D eigenvalue weighted by Gasteiger charge is 2.14. The first-order valence-electron chi connectivity index (χ1n) is 6.36. The van der Waals surface area contributed by atoms with Crippen LogP contribution in [0.3, 0.4) is 0 Å². The molecule has 0 radical (unpaired) electrons. The Balaban J connectivity index is 2.46. The summed E-state index contributed by atoms with van der Waals surface area (Å²) in [6, 6.07) is 5.41. The van der Waals surface area contributed by atoms with Gasteiger partial charge in [-0.3, -0.25) is 0 Å². The second-order valence-corrected chi connectivity index (χ2v) is 6.36. The van der Waals surface area contributed by atoms with Crippen LogP contribution in [0.1, 0.15) is 16.8 Å². The largest absolute Gasteiger partial charge is 0.437 e. The van der Waals surface area contributed by atoms with Crippen molar-refractivity contribution in [1.29, 1.82) is 0 Å². The van der Waals surface area contributed by atoms with Gasteiger partial charge in [-0.05, 0) is 54.5 Å². The molecule has 21 heavy (non-hydrogen) atoms. The van der Waals surface area contributed by atoms with Crippen molar-refractivity contribution >= 4 is 39.1 Å². The van der Waals surface area contributed by atoms with Crippen LogP contribution in [0.15, 0.2) is 22.7 Å². The number of rotatable bonds is 4. The molecule has 1 aromatic heterocycles. The van der Waals surface area contributed by atoms with Crippen molar-refractivity contribution in [3.8, 4) is 11.6 Å². The summed E-state index contributed by atoms with van der Waals surface area (Å²) in [4.78, 5) is 4.47. The molecule has 0 aliphatic heterocycles. The Morgan fingerprint density at radius 1 is 1.19 bits per heavy atom. The van der Waals surface area contributed by atoms with E-state index in [1.165, 1.54) is 0 Å². The Morgan fingerprint density at radius 2 is 1.90 bits per heavy atom. The van der Waals surface area contributed by atoms with E-state index >= 15 is 0 Å². The van der Waals surface area contributed by atoms with Crippen LogP contribution in [-0.4, -0.2) is 12.0 Å². The molecule has 0 aliphatic carbocycles. The van der Waals surface area contributed by atoms with E-state index in [9.17, 15) is 0 Å². The standard InChI is InChI=1S/C15H15BrCl2N2O/c1-8-4-9(2)20-15(10(8)7-19-3)21-14-6-12(17)11(16)5-13(14)18/h4-6,19H,7H2,1-3H3. The Hall–Kier alpha value is -0.810. The van der Waals surface area contributed by atoms with E-state index in [0.29, 0.717) is 28.2 Å². The summed E-state index contributed by atoms with van der Waals surface area (Å²) < 4.78 is 6.63. The molecule has 0 aliphatic rings. The smallest absolute Gasteiger partial charge is 0.224 e. The first-order valence-corrected chi connectivity index (χ1v) is 7.91. The summed E-state index contributed by atoms with van der Waals surface area (Å²) in [5.74, 6) is 1.03. The zero-order chi connectivity index (χ0) is 15.6. The average molecular weight is 390 g/mol. The number of aromatic nitrogens is 1. The fourth-order valence-electron chi connectivity index (χ4n) is 1.99. The third-order valence-electron chi connectivity index (χ3n) is 2.97. The van der Waals surface area contributed by atoms with Crippen molar-refractivity contribution in [3.63, 3.8) is 0 Å². The summed E-state index contributed by atoms with van der Waals surface area (Å²) >= 11 is 15.6. The molecule has 0 amide bonds. The lowest BCUT2D eigenvalue weighted by atomic mass is 10.1. The monoisotopic (exact) mass is 388 g/mol. The number of ether oxygens (including phenoxy) is 1. The van der Waals surface area contributed by atoms with Gasteiger partial charge in [0.1, 0.15) is 5.75 Å². The van der Waals surface area contributed by atoms with E-state index < -0.39 is 0 Å². The van der Waals surface area contributed by atoms with Gasteiger partial charge in [-0.15, -0.1) is 0 Å². The first kappa shape index (κ1) is 16.6. The normalized spacial score (nSPS) is 10.8. The van der Waals surface area contributed by atoms with Gasteiger partial charge in [-0.1, -0.05) is 23.2 Å². The van der Waals surface area contributed by atoms with Crippen molar-refractivity contribution in [2.45, 2.75) is 20.4 Å². The number of aryl methyl sites for hydroxylation is 2. The van der Waals surface area contributed by atoms with Gasteiger partial charge in [0, 0.05) is 28.3 Å². The van der Waals surface area contributed by atoms with Gasteiger partial charge in [0.25, 0.3) is 0 Å². The Labute approximate surface area is 142 Å². The van der Waals surface area contributed by atoms with Crippen molar-refractivity contribution in [1.82, 2.24) is 10.3 Å². The van der Waals surface area contributed by atoms with Crippen LogP contribution in [-0.2, 0) is 6.54 Å². The molecular weight excluding hydrogens is 375 g/mol. The second-order valence-electron chi connectivity index (χ2n) is 4.69. The molecule has 1 aromatic carbocycles. The van der Waals surface area contributed by atoms with Gasteiger partial charge in [-0.25, -0.2) is 4.98 Å². The number of nitrogens with zero attached hydrogens (tertiary/aromatic N) is 1. The van der Waals surface area contributed by atoms with Gasteiger partial charge in [0.15, 0.2) is 0 Å². The Kier molecular flexibility index (Phi) is 5.49. The minimum atomic E-state index is 0.475. The minimum Gasteiger partial charge on any atom is -0.437 e. The fourth-order valence-corrected chi connectivity index (χ4v) is 2.82. The number of benzene rings is 1. The van der Waals surface area contributed by atoms with Crippen LogP contribution in [0.2, 0.25) is 10.0 Å². The molecule has 0 bridgehead atoms. The maximum absolute atomic E-state index is 6.20. The Morgan fingerprint density at radius 3 is 2.57 bits per heavy atom. The lowest BCUT2D eigenvalue weighted by Crippen LogP contribution is -2.09. The maximum Gasteiger partial charge on any atom is 0.224 e. The fraction of sp³-hybridized carbons (Fsp3) is 0.267. The van der Waals surface area contributed by atoms with E-state index in [1.807, 2.05) is 27.0 Å². The minimum absolute atomic E-state index is 0.475. The molecule has 6 heteroatoms. The lowest BCUT2D eigenvalue weighted by Gasteiger charge is -2.14. The number of nitrogens with one attached hydrogen (secondary N) is 1. The quantitative estimate of drug-likeness (QED) is 0.722. The summed E-state index contributed by atoms with van der Waals surface area (Å²) in [7, 11) is 1.88. The number of hydrogen-bond acceptors (Lipinski definition) is 3. The number of hydrogen-bond donors (Lipinski definition) is 1. The van der Waals surface area contributed by atoms with Crippen LogP contribution in [0.5, 0.6) is 11.6 Å². The van der Waals surface area contributed by atoms with Gasteiger partial charge in [0.05, 0.1) is 10.0 Å². The third kappa shape index (κ3) is 3.89. The molecule has 1 heterocycles. The lowest BCUT2D eigenvalue weighted by molar-refractivity contribution is 0.452. The molecule has 0 spiro atoms. The molecule has 2 aromatic rings. The van der Waals surface area contributed by atoms with Crippen LogP contribution in [0, 0.1) is 13.8 Å². The SMILES string of the molecule is CNCc1c(C)cc(C)nc1Oc1cc(Cl)c(Br)cc1Cl. The van der Waals surface area contributed by atoms with Crippen LogP contribution >= 0.6 is 39.1 Å². The molecule has 2 rings (SSSR count). The molecule has 0 saturated heterocycles. The predicted octanol–water partition coefficient (Wildman–Crippen LogP) is 5.28. The van der Waals surface area contributed by atoms with Crippen molar-refractivity contribution < 1.29 is 4.74 Å². The van der Waals surface area contributed by atoms with Crippen molar-refractivity contribution in [2.24, 2.45) is 0 Å². The van der Waals surface area contributed by atoms with E-state index in [2.05, 4.69) is 26.2 Å². The molecular formula is C15H15BrCl2N2O. The Bertz CT molecular complexity index is 677. The highest BCUT2D eigenvalue weighted by molar-refractivity contribution is 9.10. The number of halogens is 3. The van der Waals surface area contributed by atoms with Gasteiger partial charge < -0.3 is 10.1 Å². The molecule has 1 N–H and O–H groups in total. The topological polar surface area (TPSA) is 34.2 Å². The van der Waals surface area contributed by atoms with Crippen molar-refractivity contribution in [3.05, 3.63) is 49.5 Å². The predicted molar refractivity (Wildman–Crippen MR) is 90.7 cm³/mol. The van der Waals surface area contributed by atoms with Crippen LogP contribution in [0.4, 0.5) is 0 Å². The first-order chi connectivity index (χ1) is 9.92. The van der Waals surface area contributed by atoms with Crippen LogP contribution < -0.4 is 10.1 Å². The molecule has 0 saturated carbocycles. The zero-order valence-electron chi connectivity index (χ0n) is 11.9. The molecule has 0 fully saturated rings. The summed E-state index contributed by atoms with van der Waals surface area (Å²) in [5, 5.41) is 4.13. The maximum atomic E-state index is 6.20. The highest BCUT2D eigenvalue weighted by Crippen LogP contribution is 2.37. The third-order valence-corrected chi connectivity index (χ3v) is 4.46. The molecule has 0 unspecified atom stereocenters. The van der Waals surface area contributed by atoms with Gasteiger partial charge in [0.2, 0.25) is 5.88 Å². The number of pyridine rings is 1. The van der Waals surface area contributed by atoms with E-state index in [-0.39, 0.29) is 0 Å². The van der Waals surface area contributed by atoms with E-state index in [0.717, 1.165) is 21.3 Å². The average Bonchev–Trinajstić information content (AvgIpc) is 2.40. The molecule has 0 atom stereocenters. The van der Waals surface area contributed by atoms with Crippen molar-refractivity contribution in [2.75, 3.05) is 7.05 Å². The van der Waals surface area contributed by atoms with E-state index in [4.69, 9.17) is 27.9 Å². The zero-order valence-corrected chi connectivity index (χ0v) is 15.0. The summed E-state index contributed by atoms with van der Waals surface area (Å²) in [6.07, 6.45) is 0.